The Morgan fingerprint density at radius 1 is 1.13 bits per heavy atom. The lowest BCUT2D eigenvalue weighted by atomic mass is 10.1. The third-order valence-electron chi connectivity index (χ3n) is 4.58. The van der Waals surface area contributed by atoms with Crippen molar-refractivity contribution in [2.45, 2.75) is 36.9 Å². The zero-order chi connectivity index (χ0) is 16.8. The van der Waals surface area contributed by atoms with E-state index in [1.54, 1.807) is 0 Å². The van der Waals surface area contributed by atoms with Gasteiger partial charge in [-0.2, -0.15) is 17.5 Å². The molecule has 2 heterocycles. The lowest BCUT2D eigenvalue weighted by Crippen LogP contribution is -2.54. The van der Waals surface area contributed by atoms with E-state index in [0.29, 0.717) is 13.1 Å². The van der Waals surface area contributed by atoms with Crippen molar-refractivity contribution < 1.29 is 21.6 Å². The molecule has 2 aliphatic heterocycles. The molecule has 0 spiro atoms. The van der Waals surface area contributed by atoms with E-state index in [4.69, 9.17) is 0 Å². The molecule has 1 aromatic carbocycles. The summed E-state index contributed by atoms with van der Waals surface area (Å²) < 4.78 is 66.1. The Morgan fingerprint density at radius 2 is 1.70 bits per heavy atom. The number of alkyl halides is 3. The van der Waals surface area contributed by atoms with Gasteiger partial charge in [0.2, 0.25) is 10.0 Å². The van der Waals surface area contributed by atoms with Gasteiger partial charge in [-0.1, -0.05) is 18.2 Å². The van der Waals surface area contributed by atoms with Crippen molar-refractivity contribution in [3.8, 4) is 0 Å². The molecule has 23 heavy (non-hydrogen) atoms. The molecule has 2 aliphatic rings. The smallest absolute Gasteiger partial charge is 0.303 e. The molecule has 2 saturated heterocycles. The van der Waals surface area contributed by atoms with Gasteiger partial charge in [0.05, 0.1) is 11.3 Å². The van der Waals surface area contributed by atoms with Crippen molar-refractivity contribution in [1.29, 1.82) is 0 Å². The first-order valence-electron chi connectivity index (χ1n) is 7.53. The SMILES string of the molecule is CN1CC2CCC(C1)N2S(=O)(=O)Cc1ccccc1C(F)(F)F. The minimum absolute atomic E-state index is 0.123. The molecule has 1 aromatic rings. The second-order valence-corrected chi connectivity index (χ2v) is 8.22. The molecule has 2 bridgehead atoms. The van der Waals surface area contributed by atoms with Gasteiger partial charge in [0.15, 0.2) is 0 Å². The van der Waals surface area contributed by atoms with Crippen LogP contribution >= 0.6 is 0 Å². The molecule has 2 atom stereocenters. The molecule has 0 aliphatic carbocycles. The van der Waals surface area contributed by atoms with Crippen molar-refractivity contribution in [3.05, 3.63) is 35.4 Å². The van der Waals surface area contributed by atoms with Gasteiger partial charge >= 0.3 is 6.18 Å². The maximum atomic E-state index is 13.1. The van der Waals surface area contributed by atoms with Gasteiger partial charge in [-0.3, -0.25) is 0 Å². The standard InChI is InChI=1S/C15H19F3N2O2S/c1-19-8-12-6-7-13(9-19)20(12)23(21,22)10-11-4-2-3-5-14(11)15(16,17)18/h2-5,12-13H,6-10H2,1H3. The van der Waals surface area contributed by atoms with Crippen LogP contribution in [0.3, 0.4) is 0 Å². The monoisotopic (exact) mass is 348 g/mol. The normalized spacial score (nSPS) is 26.6. The fourth-order valence-corrected chi connectivity index (χ4v) is 5.77. The number of likely N-dealkylation sites (tertiary alicyclic amines) is 1. The van der Waals surface area contributed by atoms with Crippen molar-refractivity contribution in [2.24, 2.45) is 0 Å². The third-order valence-corrected chi connectivity index (χ3v) is 6.49. The van der Waals surface area contributed by atoms with E-state index >= 15 is 0 Å². The molecule has 0 saturated carbocycles. The number of nitrogens with zero attached hydrogens (tertiary/aromatic N) is 2. The van der Waals surface area contributed by atoms with E-state index in [1.165, 1.54) is 22.5 Å². The summed E-state index contributed by atoms with van der Waals surface area (Å²) in [6.07, 6.45) is -3.00. The number of piperazine rings is 1. The fraction of sp³-hybridized carbons (Fsp3) is 0.600. The second kappa shape index (κ2) is 5.75. The summed E-state index contributed by atoms with van der Waals surface area (Å²) in [6, 6.07) is 4.66. The quantitative estimate of drug-likeness (QED) is 0.842. The molecule has 0 aromatic heterocycles. The van der Waals surface area contributed by atoms with E-state index in [2.05, 4.69) is 4.90 Å². The van der Waals surface area contributed by atoms with Crippen molar-refractivity contribution in [2.75, 3.05) is 20.1 Å². The van der Waals surface area contributed by atoms with Crippen LogP contribution in [-0.2, 0) is 22.0 Å². The van der Waals surface area contributed by atoms with Crippen LogP contribution in [0.1, 0.15) is 24.0 Å². The summed E-state index contributed by atoms with van der Waals surface area (Å²) in [6.45, 7) is 1.27. The van der Waals surface area contributed by atoms with E-state index in [0.717, 1.165) is 18.9 Å². The first kappa shape index (κ1) is 16.7. The Balaban J connectivity index is 1.89. The Morgan fingerprint density at radius 3 is 2.26 bits per heavy atom. The van der Waals surface area contributed by atoms with Crippen LogP contribution in [0, 0.1) is 0 Å². The van der Waals surface area contributed by atoms with Gasteiger partial charge < -0.3 is 4.90 Å². The van der Waals surface area contributed by atoms with Crippen LogP contribution < -0.4 is 0 Å². The molecule has 8 heteroatoms. The first-order valence-corrected chi connectivity index (χ1v) is 9.14. The maximum Gasteiger partial charge on any atom is 0.416 e. The summed E-state index contributed by atoms with van der Waals surface area (Å²) in [5.41, 5.74) is -1.05. The van der Waals surface area contributed by atoms with Gasteiger partial charge in [-0.15, -0.1) is 0 Å². The van der Waals surface area contributed by atoms with Crippen molar-refractivity contribution in [3.63, 3.8) is 0 Å². The molecule has 4 nitrogen and oxygen atoms in total. The Labute approximate surface area is 133 Å². The van der Waals surface area contributed by atoms with E-state index in [-0.39, 0.29) is 17.6 Å². The molecule has 2 fully saturated rings. The maximum absolute atomic E-state index is 13.1. The Hall–Kier alpha value is -1.12. The highest BCUT2D eigenvalue weighted by Gasteiger charge is 2.46. The zero-order valence-corrected chi connectivity index (χ0v) is 13.6. The second-order valence-electron chi connectivity index (χ2n) is 6.35. The number of hydrogen-bond acceptors (Lipinski definition) is 3. The number of halogens is 3. The van der Waals surface area contributed by atoms with Gasteiger partial charge in [-0.05, 0) is 31.5 Å². The molecular weight excluding hydrogens is 329 g/mol. The predicted octanol–water partition coefficient (Wildman–Crippen LogP) is 2.31. The van der Waals surface area contributed by atoms with Crippen LogP contribution in [0.25, 0.3) is 0 Å². The number of sulfonamides is 1. The highest BCUT2D eigenvalue weighted by atomic mass is 32.2. The molecule has 2 unspecified atom stereocenters. The van der Waals surface area contributed by atoms with E-state index in [9.17, 15) is 21.6 Å². The molecule has 3 rings (SSSR count). The van der Waals surface area contributed by atoms with Crippen LogP contribution in [0.4, 0.5) is 13.2 Å². The van der Waals surface area contributed by atoms with Gasteiger partial charge in [0.1, 0.15) is 0 Å². The van der Waals surface area contributed by atoms with Crippen LogP contribution in [0.5, 0.6) is 0 Å². The zero-order valence-electron chi connectivity index (χ0n) is 12.8. The van der Waals surface area contributed by atoms with Gasteiger partial charge in [0, 0.05) is 25.2 Å². The minimum Gasteiger partial charge on any atom is -0.303 e. The number of hydrogen-bond donors (Lipinski definition) is 0. The molecule has 128 valence electrons. The van der Waals surface area contributed by atoms with Crippen LogP contribution in [-0.4, -0.2) is 49.8 Å². The number of fused-ring (bicyclic) bond motifs is 2. The van der Waals surface area contributed by atoms with Crippen LogP contribution in [0.15, 0.2) is 24.3 Å². The van der Waals surface area contributed by atoms with Crippen molar-refractivity contribution >= 4 is 10.0 Å². The largest absolute Gasteiger partial charge is 0.416 e. The Bertz CT molecular complexity index is 676. The van der Waals surface area contributed by atoms with Crippen molar-refractivity contribution in [1.82, 2.24) is 9.21 Å². The first-order chi connectivity index (χ1) is 10.7. The third kappa shape index (κ3) is 3.25. The highest BCUT2D eigenvalue weighted by Crippen LogP contribution is 2.36. The molecular formula is C15H19F3N2O2S. The number of rotatable bonds is 3. The summed E-state index contributed by atoms with van der Waals surface area (Å²) in [4.78, 5) is 2.08. The number of likely N-dealkylation sites (N-methyl/N-ethyl adjacent to an activating group) is 1. The van der Waals surface area contributed by atoms with Gasteiger partial charge in [0.25, 0.3) is 0 Å². The Kier molecular flexibility index (Phi) is 4.18. The summed E-state index contributed by atoms with van der Waals surface area (Å²) in [7, 11) is -1.83. The average molecular weight is 348 g/mol. The predicted molar refractivity (Wildman–Crippen MR) is 80.2 cm³/mol. The highest BCUT2D eigenvalue weighted by molar-refractivity contribution is 7.88. The molecule has 0 N–H and O–H groups in total. The van der Waals surface area contributed by atoms with E-state index < -0.39 is 27.5 Å². The lowest BCUT2D eigenvalue weighted by Gasteiger charge is -2.38. The minimum atomic E-state index is -4.55. The summed E-state index contributed by atoms with van der Waals surface area (Å²) in [5.74, 6) is -0.598. The molecule has 0 radical (unpaired) electrons. The fourth-order valence-electron chi connectivity index (χ4n) is 3.72. The summed E-state index contributed by atoms with van der Waals surface area (Å²) >= 11 is 0. The summed E-state index contributed by atoms with van der Waals surface area (Å²) in [5, 5.41) is 0. The number of benzene rings is 1. The van der Waals surface area contributed by atoms with E-state index in [1.807, 2.05) is 7.05 Å². The topological polar surface area (TPSA) is 40.6 Å². The average Bonchev–Trinajstić information content (AvgIpc) is 2.71. The van der Waals surface area contributed by atoms with Crippen LogP contribution in [0.2, 0.25) is 0 Å². The van der Waals surface area contributed by atoms with Gasteiger partial charge in [-0.25, -0.2) is 8.42 Å². The molecule has 0 amide bonds. The lowest BCUT2D eigenvalue weighted by molar-refractivity contribution is -0.138.